The summed E-state index contributed by atoms with van der Waals surface area (Å²) in [4.78, 5) is 0. The molecule has 1 heteroatoms. The van der Waals surface area contributed by atoms with Crippen LogP contribution in [-0.4, -0.2) is 12.0 Å². The topological polar surface area (TPSA) is 12.0 Å². The fourth-order valence-corrected chi connectivity index (χ4v) is 0.562. The first-order chi connectivity index (χ1) is 6.71. The van der Waals surface area contributed by atoms with Crippen molar-refractivity contribution in [3.8, 4) is 0 Å². The van der Waals surface area contributed by atoms with Crippen LogP contribution in [0.3, 0.4) is 0 Å². The van der Waals surface area contributed by atoms with Crippen LogP contribution in [0, 0.1) is 0 Å². The molecule has 2 atom stereocenters. The summed E-state index contributed by atoms with van der Waals surface area (Å²) in [6.45, 7) is 2.21. The molecule has 1 rings (SSSR count). The maximum atomic E-state index is 7.70. The SMILES string of the molecule is [2H]C1(C)NC([2H])(C)C([2H])([2H])C([2H])([2H])C1([2H])[2H]. The van der Waals surface area contributed by atoms with E-state index in [4.69, 9.17) is 11.0 Å². The van der Waals surface area contributed by atoms with Gasteiger partial charge in [-0.25, -0.2) is 0 Å². The number of nitrogens with one attached hydrogen (secondary N) is 1. The monoisotopic (exact) mass is 121 g/mol. The van der Waals surface area contributed by atoms with Crippen molar-refractivity contribution in [3.63, 3.8) is 0 Å². The highest BCUT2D eigenvalue weighted by molar-refractivity contribution is 4.73. The zero-order valence-electron chi connectivity index (χ0n) is 13.0. The van der Waals surface area contributed by atoms with E-state index in [-0.39, 0.29) is 0 Å². The van der Waals surface area contributed by atoms with Gasteiger partial charge >= 0.3 is 0 Å². The molecule has 1 aliphatic rings. The quantitative estimate of drug-likeness (QED) is 0.512. The van der Waals surface area contributed by atoms with Gasteiger partial charge in [-0.2, -0.15) is 0 Å². The Morgan fingerprint density at radius 2 is 2.00 bits per heavy atom. The molecule has 1 saturated heterocycles. The predicted molar refractivity (Wildman–Crippen MR) is 35.9 cm³/mol. The largest absolute Gasteiger partial charge is 0.312 e. The summed E-state index contributed by atoms with van der Waals surface area (Å²) >= 11 is 0. The molecule has 1 heterocycles. The molecule has 1 nitrogen and oxygen atoms in total. The summed E-state index contributed by atoms with van der Waals surface area (Å²) in [7, 11) is 0. The van der Waals surface area contributed by atoms with Crippen molar-refractivity contribution in [2.75, 3.05) is 0 Å². The van der Waals surface area contributed by atoms with Crippen molar-refractivity contribution in [1.82, 2.24) is 5.32 Å². The van der Waals surface area contributed by atoms with Gasteiger partial charge in [0.25, 0.3) is 0 Å². The number of rotatable bonds is 0. The third-order valence-electron chi connectivity index (χ3n) is 0.875. The van der Waals surface area contributed by atoms with E-state index >= 15 is 0 Å². The third-order valence-corrected chi connectivity index (χ3v) is 0.875. The van der Waals surface area contributed by atoms with Crippen LogP contribution in [0.1, 0.15) is 43.9 Å². The van der Waals surface area contributed by atoms with Gasteiger partial charge in [-0.05, 0) is 26.6 Å². The highest BCUT2D eigenvalue weighted by atomic mass is 14.9. The van der Waals surface area contributed by atoms with Crippen LogP contribution in [0.2, 0.25) is 0 Å². The first kappa shape index (κ1) is 1.51. The number of hydrogen-bond acceptors (Lipinski definition) is 1. The van der Waals surface area contributed by atoms with E-state index in [1.807, 2.05) is 0 Å². The van der Waals surface area contributed by atoms with Crippen LogP contribution in [0.25, 0.3) is 0 Å². The molecule has 0 aromatic rings. The molecule has 0 amide bonds. The van der Waals surface area contributed by atoms with Crippen molar-refractivity contribution in [2.24, 2.45) is 0 Å². The van der Waals surface area contributed by atoms with E-state index in [2.05, 4.69) is 5.32 Å². The number of hydrogen-bond donors (Lipinski definition) is 1. The molecule has 8 heavy (non-hydrogen) atoms. The van der Waals surface area contributed by atoms with Crippen molar-refractivity contribution < 1.29 is 11.0 Å². The van der Waals surface area contributed by atoms with Crippen LogP contribution in [0.5, 0.6) is 0 Å². The molecule has 0 saturated carbocycles. The average Bonchev–Trinajstić information content (AvgIpc) is 1.98. The second-order valence-electron chi connectivity index (χ2n) is 1.75. The number of piperidine rings is 1. The maximum absolute atomic E-state index is 7.70. The molecule has 0 bridgehead atoms. The second-order valence-corrected chi connectivity index (χ2v) is 1.75. The summed E-state index contributed by atoms with van der Waals surface area (Å²) in [6.07, 6.45) is -8.42. The van der Waals surface area contributed by atoms with Crippen LogP contribution >= 0.6 is 0 Å². The minimum Gasteiger partial charge on any atom is -0.312 e. The van der Waals surface area contributed by atoms with Gasteiger partial charge in [-0.1, -0.05) is 6.37 Å². The molecule has 0 aliphatic carbocycles. The van der Waals surface area contributed by atoms with Gasteiger partial charge in [0.15, 0.2) is 0 Å². The van der Waals surface area contributed by atoms with Gasteiger partial charge in [0, 0.05) is 23.0 Å². The Morgan fingerprint density at radius 1 is 1.50 bits per heavy atom. The lowest BCUT2D eigenvalue weighted by atomic mass is 10.0. The minimum atomic E-state index is -2.93. The Balaban J connectivity index is 3.43. The van der Waals surface area contributed by atoms with Gasteiger partial charge in [0.1, 0.15) is 0 Å². The zero-order chi connectivity index (χ0) is 13.2. The van der Waals surface area contributed by atoms with E-state index in [1.54, 1.807) is 0 Å². The van der Waals surface area contributed by atoms with Crippen LogP contribution in [0.4, 0.5) is 0 Å². The second kappa shape index (κ2) is 2.49. The lowest BCUT2D eigenvalue weighted by molar-refractivity contribution is 0.352. The Morgan fingerprint density at radius 3 is 2.50 bits per heavy atom. The third kappa shape index (κ3) is 1.48. The molecule has 1 fully saturated rings. The Kier molecular flexibility index (Phi) is 0.472. The van der Waals surface area contributed by atoms with E-state index in [1.165, 1.54) is 0 Å². The molecule has 1 N–H and O–H groups in total. The van der Waals surface area contributed by atoms with Gasteiger partial charge in [0.05, 0.1) is 0 Å². The highest BCUT2D eigenvalue weighted by Gasteiger charge is 2.11. The maximum Gasteiger partial charge on any atom is 0.0462 e. The molecule has 0 aromatic heterocycles. The lowest BCUT2D eigenvalue weighted by Crippen LogP contribution is -2.38. The van der Waals surface area contributed by atoms with Crippen LogP contribution < -0.4 is 5.32 Å². The summed E-state index contributed by atoms with van der Waals surface area (Å²) in [6, 6.07) is -4.14. The Bertz CT molecular complexity index is 280. The Labute approximate surface area is 62.7 Å². The van der Waals surface area contributed by atoms with Gasteiger partial charge in [-0.15, -0.1) is 0 Å². The molecular formula is C7H15N. The van der Waals surface area contributed by atoms with E-state index in [0.29, 0.717) is 0 Å². The van der Waals surface area contributed by atoms with Crippen molar-refractivity contribution >= 4 is 0 Å². The molecule has 0 radical (unpaired) electrons. The first-order valence-electron chi connectivity index (χ1n) is 6.50. The lowest BCUT2D eigenvalue weighted by Gasteiger charge is -2.25. The molecule has 0 spiro atoms. The molecular weight excluding hydrogens is 98.1 g/mol. The average molecular weight is 121 g/mol. The van der Waals surface area contributed by atoms with Crippen LogP contribution in [-0.2, 0) is 0 Å². The van der Waals surface area contributed by atoms with Gasteiger partial charge in [0.2, 0.25) is 0 Å². The van der Waals surface area contributed by atoms with Crippen molar-refractivity contribution in [2.45, 2.75) is 45.0 Å². The summed E-state index contributed by atoms with van der Waals surface area (Å²) in [5.41, 5.74) is 0. The fraction of sp³-hybridized carbons (Fsp3) is 1.00. The minimum absolute atomic E-state index is 1.10. The fourth-order valence-electron chi connectivity index (χ4n) is 0.562. The zero-order valence-corrected chi connectivity index (χ0v) is 5.00. The van der Waals surface area contributed by atoms with Crippen molar-refractivity contribution in [3.05, 3.63) is 0 Å². The van der Waals surface area contributed by atoms with E-state index in [0.717, 1.165) is 13.8 Å². The first-order valence-corrected chi connectivity index (χ1v) is 2.50. The Hall–Kier alpha value is -0.0400. The molecule has 2 unspecified atom stereocenters. The van der Waals surface area contributed by atoms with E-state index < -0.39 is 31.2 Å². The predicted octanol–water partition coefficient (Wildman–Crippen LogP) is 1.54. The standard InChI is InChI=1S/C7H15N/c1-6-4-3-5-7(2)8-6/h6-8H,3-5H2,1-2H3/i3D2,4D2,5D2,6D,7D. The molecule has 1 aliphatic heterocycles. The van der Waals surface area contributed by atoms with E-state index in [9.17, 15) is 0 Å². The molecule has 0 aromatic carbocycles. The van der Waals surface area contributed by atoms with Gasteiger partial charge in [-0.3, -0.25) is 0 Å². The smallest absolute Gasteiger partial charge is 0.0462 e. The van der Waals surface area contributed by atoms with Crippen LogP contribution in [0.15, 0.2) is 0 Å². The van der Waals surface area contributed by atoms with Gasteiger partial charge < -0.3 is 5.32 Å². The molecule has 48 valence electrons. The summed E-state index contributed by atoms with van der Waals surface area (Å²) in [5.74, 6) is 0. The summed E-state index contributed by atoms with van der Waals surface area (Å²) < 4.78 is 60.9. The highest BCUT2D eigenvalue weighted by Crippen LogP contribution is 2.10. The summed E-state index contributed by atoms with van der Waals surface area (Å²) in [5, 5.41) is 2.21. The normalized spacial score (nSPS) is 91.8. The van der Waals surface area contributed by atoms with Crippen molar-refractivity contribution in [1.29, 1.82) is 0 Å².